The maximum absolute atomic E-state index is 13.7. The van der Waals surface area contributed by atoms with Crippen LogP contribution in [0.1, 0.15) is 12.8 Å². The van der Waals surface area contributed by atoms with Crippen molar-refractivity contribution in [3.05, 3.63) is 72.9 Å². The molecule has 1 aromatic heterocycles. The Labute approximate surface area is 206 Å². The molecule has 0 saturated carbocycles. The Hall–Kier alpha value is -2.25. The third-order valence-corrected chi connectivity index (χ3v) is 8.63. The van der Waals surface area contributed by atoms with Gasteiger partial charge in [-0.3, -0.25) is 4.90 Å². The van der Waals surface area contributed by atoms with Crippen LogP contribution in [0.4, 0.5) is 5.69 Å². The van der Waals surface area contributed by atoms with Gasteiger partial charge in [-0.15, -0.1) is 24.8 Å². The standard InChI is InChI=1S/C25H25N3O2S.2ClH/c29-31(30,25-9-3-6-19-5-1-2-8-23(19)25)28-14-12-20-10-11-21(17-24(20)28)27-16-15-26-13-4-7-22(26)18-27;;/h1-3,5-6,8-12,14,17,22H,4,7,13,15-16,18H2;2*1H/t22-;;/m0../s1. The summed E-state index contributed by atoms with van der Waals surface area (Å²) in [6, 6.07) is 21.8. The molecule has 8 heteroatoms. The van der Waals surface area contributed by atoms with E-state index in [-0.39, 0.29) is 24.8 Å². The summed E-state index contributed by atoms with van der Waals surface area (Å²) in [6.07, 6.45) is 4.22. The number of nitrogens with zero attached hydrogens (tertiary/aromatic N) is 3. The molecule has 2 aliphatic heterocycles. The molecule has 0 amide bonds. The van der Waals surface area contributed by atoms with Crippen molar-refractivity contribution in [2.75, 3.05) is 31.1 Å². The van der Waals surface area contributed by atoms with Crippen LogP contribution in [0.15, 0.2) is 77.8 Å². The van der Waals surface area contributed by atoms with Crippen LogP contribution in [-0.2, 0) is 10.0 Å². The third-order valence-electron chi connectivity index (χ3n) is 6.88. The van der Waals surface area contributed by atoms with Crippen LogP contribution in [0.5, 0.6) is 0 Å². The van der Waals surface area contributed by atoms with E-state index in [1.54, 1.807) is 12.3 Å². The van der Waals surface area contributed by atoms with Crippen LogP contribution in [0.2, 0.25) is 0 Å². The highest BCUT2D eigenvalue weighted by molar-refractivity contribution is 7.90. The monoisotopic (exact) mass is 503 g/mol. The highest BCUT2D eigenvalue weighted by Gasteiger charge is 2.31. The Balaban J connectivity index is 0.00000130. The van der Waals surface area contributed by atoms with E-state index in [1.807, 2.05) is 54.6 Å². The van der Waals surface area contributed by atoms with Gasteiger partial charge in [-0.1, -0.05) is 42.5 Å². The number of fused-ring (bicyclic) bond motifs is 3. The van der Waals surface area contributed by atoms with Gasteiger partial charge in [0.1, 0.15) is 0 Å². The highest BCUT2D eigenvalue weighted by atomic mass is 35.5. The van der Waals surface area contributed by atoms with E-state index in [4.69, 9.17) is 0 Å². The first-order chi connectivity index (χ1) is 15.1. The number of hydrogen-bond acceptors (Lipinski definition) is 4. The summed E-state index contributed by atoms with van der Waals surface area (Å²) in [7, 11) is -3.72. The van der Waals surface area contributed by atoms with Gasteiger partial charge in [-0.2, -0.15) is 0 Å². The predicted octanol–water partition coefficient (Wildman–Crippen LogP) is 5.16. The fourth-order valence-electron chi connectivity index (χ4n) is 5.25. The summed E-state index contributed by atoms with van der Waals surface area (Å²) in [5, 5.41) is 2.61. The molecule has 3 aromatic carbocycles. The van der Waals surface area contributed by atoms with Crippen LogP contribution in [0.25, 0.3) is 21.7 Å². The lowest BCUT2D eigenvalue weighted by molar-refractivity contribution is 0.231. The lowest BCUT2D eigenvalue weighted by atomic mass is 10.1. The molecule has 174 valence electrons. The number of rotatable bonds is 3. The molecule has 0 aliphatic carbocycles. The Morgan fingerprint density at radius 3 is 2.52 bits per heavy atom. The molecule has 2 saturated heterocycles. The summed E-state index contributed by atoms with van der Waals surface area (Å²) in [5.74, 6) is 0. The van der Waals surface area contributed by atoms with Crippen molar-refractivity contribution in [2.24, 2.45) is 0 Å². The molecule has 0 spiro atoms. The van der Waals surface area contributed by atoms with Gasteiger partial charge in [0, 0.05) is 48.3 Å². The van der Waals surface area contributed by atoms with E-state index >= 15 is 0 Å². The zero-order valence-electron chi connectivity index (χ0n) is 18.1. The SMILES string of the molecule is Cl.Cl.O=S(=O)(c1cccc2ccccc12)n1ccc2ccc(N3CCN4CCC[C@H]4C3)cc21. The normalized spacial score (nSPS) is 18.7. The summed E-state index contributed by atoms with van der Waals surface area (Å²) in [5.41, 5.74) is 1.84. The summed E-state index contributed by atoms with van der Waals surface area (Å²) >= 11 is 0. The number of piperazine rings is 1. The number of hydrogen-bond donors (Lipinski definition) is 0. The summed E-state index contributed by atoms with van der Waals surface area (Å²) in [6.45, 7) is 4.29. The van der Waals surface area contributed by atoms with Crippen molar-refractivity contribution in [1.82, 2.24) is 8.87 Å². The molecule has 0 N–H and O–H groups in total. The molecule has 33 heavy (non-hydrogen) atoms. The van der Waals surface area contributed by atoms with Crippen LogP contribution < -0.4 is 4.90 Å². The van der Waals surface area contributed by atoms with Gasteiger partial charge >= 0.3 is 0 Å². The smallest absolute Gasteiger partial charge is 0.268 e. The number of aromatic nitrogens is 1. The van der Waals surface area contributed by atoms with Crippen molar-refractivity contribution in [3.8, 4) is 0 Å². The molecule has 3 heterocycles. The fourth-order valence-corrected chi connectivity index (χ4v) is 6.82. The minimum absolute atomic E-state index is 0. The average molecular weight is 504 g/mol. The maximum Gasteiger partial charge on any atom is 0.268 e. The van der Waals surface area contributed by atoms with Gasteiger partial charge in [0.2, 0.25) is 0 Å². The van der Waals surface area contributed by atoms with Crippen molar-refractivity contribution in [3.63, 3.8) is 0 Å². The van der Waals surface area contributed by atoms with Gasteiger partial charge in [0.15, 0.2) is 0 Å². The molecule has 2 aliphatic rings. The van der Waals surface area contributed by atoms with Gasteiger partial charge in [-0.25, -0.2) is 12.4 Å². The Morgan fingerprint density at radius 2 is 1.64 bits per heavy atom. The van der Waals surface area contributed by atoms with Crippen molar-refractivity contribution >= 4 is 62.2 Å². The lowest BCUT2D eigenvalue weighted by Crippen LogP contribution is -2.50. The van der Waals surface area contributed by atoms with Crippen molar-refractivity contribution < 1.29 is 8.42 Å². The van der Waals surface area contributed by atoms with Crippen molar-refractivity contribution in [1.29, 1.82) is 0 Å². The number of halogens is 2. The van der Waals surface area contributed by atoms with Crippen LogP contribution >= 0.6 is 24.8 Å². The minimum atomic E-state index is -3.72. The Bertz CT molecular complexity index is 1400. The van der Waals surface area contributed by atoms with Crippen LogP contribution in [0.3, 0.4) is 0 Å². The van der Waals surface area contributed by atoms with Gasteiger partial charge in [-0.05, 0) is 49.0 Å². The predicted molar refractivity (Wildman–Crippen MR) is 140 cm³/mol. The van der Waals surface area contributed by atoms with E-state index in [9.17, 15) is 8.42 Å². The third kappa shape index (κ3) is 3.99. The second-order valence-electron chi connectivity index (χ2n) is 8.62. The lowest BCUT2D eigenvalue weighted by Gasteiger charge is -2.38. The molecule has 0 unspecified atom stereocenters. The molecule has 5 nitrogen and oxygen atoms in total. The number of anilines is 1. The fraction of sp³-hybridized carbons (Fsp3) is 0.280. The Morgan fingerprint density at radius 1 is 0.818 bits per heavy atom. The first-order valence-corrected chi connectivity index (χ1v) is 12.4. The second-order valence-corrected chi connectivity index (χ2v) is 10.4. The van der Waals surface area contributed by atoms with Gasteiger partial charge in [0.25, 0.3) is 10.0 Å². The molecular weight excluding hydrogens is 477 g/mol. The van der Waals surface area contributed by atoms with Gasteiger partial charge in [0.05, 0.1) is 10.4 Å². The molecule has 0 radical (unpaired) electrons. The second kappa shape index (κ2) is 9.18. The number of benzene rings is 3. The summed E-state index contributed by atoms with van der Waals surface area (Å²) in [4.78, 5) is 5.34. The molecule has 6 rings (SSSR count). The largest absolute Gasteiger partial charge is 0.369 e. The topological polar surface area (TPSA) is 45.6 Å². The van der Waals surface area contributed by atoms with Gasteiger partial charge < -0.3 is 4.90 Å². The minimum Gasteiger partial charge on any atom is -0.369 e. The Kier molecular flexibility index (Phi) is 6.65. The molecule has 0 bridgehead atoms. The average Bonchev–Trinajstić information content (AvgIpc) is 3.44. The zero-order valence-corrected chi connectivity index (χ0v) is 20.6. The molecule has 2 fully saturated rings. The molecule has 4 aromatic rings. The van der Waals surface area contributed by atoms with E-state index in [2.05, 4.69) is 15.9 Å². The van der Waals surface area contributed by atoms with Crippen molar-refractivity contribution in [2.45, 2.75) is 23.8 Å². The van der Waals surface area contributed by atoms with E-state index in [0.29, 0.717) is 10.9 Å². The first kappa shape index (κ1) is 23.9. The quantitative estimate of drug-likeness (QED) is 0.387. The van der Waals surface area contributed by atoms with Crippen LogP contribution in [-0.4, -0.2) is 49.5 Å². The maximum atomic E-state index is 13.7. The molecule has 1 atom stereocenters. The zero-order chi connectivity index (χ0) is 21.0. The van der Waals surface area contributed by atoms with E-state index in [1.165, 1.54) is 23.4 Å². The highest BCUT2D eigenvalue weighted by Crippen LogP contribution is 2.31. The first-order valence-electron chi connectivity index (χ1n) is 10.9. The molecular formula is C25H27Cl2N3O2S. The van der Waals surface area contributed by atoms with Crippen LogP contribution in [0, 0.1) is 0 Å². The van der Waals surface area contributed by atoms with E-state index < -0.39 is 10.0 Å². The summed E-state index contributed by atoms with van der Waals surface area (Å²) < 4.78 is 28.8. The van der Waals surface area contributed by atoms with E-state index in [0.717, 1.165) is 47.0 Å².